The second-order valence-electron chi connectivity index (χ2n) is 6.35. The summed E-state index contributed by atoms with van der Waals surface area (Å²) in [6, 6.07) is 1.84. The summed E-state index contributed by atoms with van der Waals surface area (Å²) in [7, 11) is 0. The van der Waals surface area contributed by atoms with Crippen LogP contribution in [0.1, 0.15) is 56.0 Å². The van der Waals surface area contributed by atoms with Gasteiger partial charge in [-0.25, -0.2) is 0 Å². The predicted octanol–water partition coefficient (Wildman–Crippen LogP) is 3.76. The first kappa shape index (κ1) is 19.5. The molecular weight excluding hydrogens is 314 g/mol. The second-order valence-corrected chi connectivity index (χ2v) is 6.35. The van der Waals surface area contributed by atoms with Gasteiger partial charge in [-0.15, -0.1) is 0 Å². The maximum absolute atomic E-state index is 12.4. The van der Waals surface area contributed by atoms with Gasteiger partial charge in [0.1, 0.15) is 0 Å². The minimum absolute atomic E-state index is 0.0355. The highest BCUT2D eigenvalue weighted by Crippen LogP contribution is 2.28. The maximum Gasteiger partial charge on any atom is 0.279 e. The maximum atomic E-state index is 12.4. The van der Waals surface area contributed by atoms with Crippen LogP contribution >= 0.6 is 0 Å². The Morgan fingerprint density at radius 3 is 2.25 bits per heavy atom. The van der Waals surface area contributed by atoms with E-state index in [1.165, 1.54) is 6.92 Å². The molecule has 1 atom stereocenters. The highest BCUT2D eigenvalue weighted by atomic mass is 16.6. The molecule has 0 bridgehead atoms. The lowest BCUT2D eigenvalue weighted by molar-refractivity contribution is -0.394. The number of benzene rings is 1. The zero-order valence-corrected chi connectivity index (χ0v) is 14.4. The first-order valence-electron chi connectivity index (χ1n) is 7.87. The van der Waals surface area contributed by atoms with E-state index >= 15 is 0 Å². The standard InChI is InChI=1S/C16H23N3O5/c1-10(2)6-5-7-11(3)17-16(20)14-8-13(18(21)22)9-15(12(14)4)19(23)24/h8-11H,5-7H2,1-4H3,(H,17,20). The number of nitro groups is 2. The van der Waals surface area contributed by atoms with Crippen molar-refractivity contribution in [3.63, 3.8) is 0 Å². The van der Waals surface area contributed by atoms with Crippen molar-refractivity contribution in [1.29, 1.82) is 0 Å². The third-order valence-corrected chi connectivity index (χ3v) is 3.81. The molecule has 0 radical (unpaired) electrons. The molecule has 0 aliphatic rings. The number of amides is 1. The lowest BCUT2D eigenvalue weighted by Gasteiger charge is -2.15. The first-order chi connectivity index (χ1) is 11.1. The van der Waals surface area contributed by atoms with Crippen LogP contribution in [-0.2, 0) is 0 Å². The molecule has 0 saturated carbocycles. The molecule has 1 aromatic rings. The van der Waals surface area contributed by atoms with E-state index in [-0.39, 0.29) is 17.2 Å². The van der Waals surface area contributed by atoms with E-state index < -0.39 is 27.1 Å². The molecule has 0 aliphatic carbocycles. The molecule has 132 valence electrons. The Morgan fingerprint density at radius 1 is 1.12 bits per heavy atom. The van der Waals surface area contributed by atoms with Crippen LogP contribution in [0.5, 0.6) is 0 Å². The summed E-state index contributed by atoms with van der Waals surface area (Å²) in [4.78, 5) is 32.9. The third kappa shape index (κ3) is 5.29. The highest BCUT2D eigenvalue weighted by Gasteiger charge is 2.25. The van der Waals surface area contributed by atoms with E-state index in [2.05, 4.69) is 19.2 Å². The quantitative estimate of drug-likeness (QED) is 0.573. The summed E-state index contributed by atoms with van der Waals surface area (Å²) >= 11 is 0. The Balaban J connectivity index is 2.97. The van der Waals surface area contributed by atoms with Gasteiger partial charge in [-0.3, -0.25) is 25.0 Å². The molecule has 1 aromatic carbocycles. The van der Waals surface area contributed by atoms with E-state index in [9.17, 15) is 25.0 Å². The normalized spacial score (nSPS) is 12.0. The molecule has 1 N–H and O–H groups in total. The molecule has 0 fully saturated rings. The zero-order chi connectivity index (χ0) is 18.4. The van der Waals surface area contributed by atoms with E-state index in [4.69, 9.17) is 0 Å². The number of nitrogens with zero attached hydrogens (tertiary/aromatic N) is 2. The predicted molar refractivity (Wildman–Crippen MR) is 90.1 cm³/mol. The number of rotatable bonds is 8. The number of non-ortho nitro benzene ring substituents is 1. The SMILES string of the molecule is Cc1c(C(=O)NC(C)CCCC(C)C)cc([N+](=O)[O-])cc1[N+](=O)[O-]. The Morgan fingerprint density at radius 2 is 1.75 bits per heavy atom. The van der Waals surface area contributed by atoms with Gasteiger partial charge in [0.15, 0.2) is 0 Å². The summed E-state index contributed by atoms with van der Waals surface area (Å²) in [5.41, 5.74) is -0.809. The van der Waals surface area contributed by atoms with Crippen molar-refractivity contribution in [3.05, 3.63) is 43.5 Å². The van der Waals surface area contributed by atoms with Gasteiger partial charge in [-0.1, -0.05) is 26.7 Å². The van der Waals surface area contributed by atoms with Crippen molar-refractivity contribution in [3.8, 4) is 0 Å². The molecule has 0 aromatic heterocycles. The summed E-state index contributed by atoms with van der Waals surface area (Å²) in [5.74, 6) is 0.0471. The Kier molecular flexibility index (Phi) is 6.82. The molecule has 8 heteroatoms. The molecule has 0 spiro atoms. The number of hydrogen-bond donors (Lipinski definition) is 1. The van der Waals surface area contributed by atoms with Crippen LogP contribution in [-0.4, -0.2) is 21.8 Å². The molecule has 1 amide bonds. The molecular formula is C16H23N3O5. The molecule has 0 heterocycles. The Labute approximate surface area is 140 Å². The Bertz CT molecular complexity index is 643. The average Bonchev–Trinajstić information content (AvgIpc) is 2.46. The second kappa shape index (κ2) is 8.37. The smallest absolute Gasteiger partial charge is 0.279 e. The van der Waals surface area contributed by atoms with Gasteiger partial charge in [-0.05, 0) is 26.2 Å². The van der Waals surface area contributed by atoms with Crippen LogP contribution in [0.4, 0.5) is 11.4 Å². The number of nitrogens with one attached hydrogen (secondary N) is 1. The average molecular weight is 337 g/mol. The van der Waals surface area contributed by atoms with E-state index in [1.54, 1.807) is 0 Å². The fourth-order valence-corrected chi connectivity index (χ4v) is 2.42. The topological polar surface area (TPSA) is 115 Å². The van der Waals surface area contributed by atoms with E-state index in [0.717, 1.165) is 31.4 Å². The van der Waals surface area contributed by atoms with Crippen LogP contribution in [0.15, 0.2) is 12.1 Å². The van der Waals surface area contributed by atoms with Crippen molar-refractivity contribution >= 4 is 17.3 Å². The largest absolute Gasteiger partial charge is 0.350 e. The first-order valence-corrected chi connectivity index (χ1v) is 7.87. The minimum Gasteiger partial charge on any atom is -0.350 e. The van der Waals surface area contributed by atoms with Gasteiger partial charge in [0.2, 0.25) is 0 Å². The van der Waals surface area contributed by atoms with Crippen molar-refractivity contribution in [2.45, 2.75) is 53.0 Å². The number of carbonyl (C=O) groups is 1. The molecule has 0 aliphatic heterocycles. The third-order valence-electron chi connectivity index (χ3n) is 3.81. The number of nitro benzene ring substituents is 2. The summed E-state index contributed by atoms with van der Waals surface area (Å²) in [6.07, 6.45) is 2.77. The molecule has 1 unspecified atom stereocenters. The molecule has 0 saturated heterocycles. The van der Waals surface area contributed by atoms with Crippen molar-refractivity contribution < 1.29 is 14.6 Å². The van der Waals surface area contributed by atoms with Gasteiger partial charge in [0, 0.05) is 17.7 Å². The fraction of sp³-hybridized carbons (Fsp3) is 0.562. The Hall–Kier alpha value is -2.51. The van der Waals surface area contributed by atoms with Gasteiger partial charge < -0.3 is 5.32 Å². The summed E-state index contributed by atoms with van der Waals surface area (Å²) in [5, 5.41) is 24.7. The lowest BCUT2D eigenvalue weighted by atomic mass is 10.0. The molecule has 8 nitrogen and oxygen atoms in total. The van der Waals surface area contributed by atoms with E-state index in [0.29, 0.717) is 5.92 Å². The highest BCUT2D eigenvalue weighted by molar-refractivity contribution is 5.97. The van der Waals surface area contributed by atoms with Gasteiger partial charge in [-0.2, -0.15) is 0 Å². The van der Waals surface area contributed by atoms with Crippen LogP contribution < -0.4 is 5.32 Å². The van der Waals surface area contributed by atoms with Crippen molar-refractivity contribution in [2.75, 3.05) is 0 Å². The monoisotopic (exact) mass is 337 g/mol. The van der Waals surface area contributed by atoms with Crippen molar-refractivity contribution in [1.82, 2.24) is 5.32 Å². The summed E-state index contributed by atoms with van der Waals surface area (Å²) in [6.45, 7) is 7.50. The van der Waals surface area contributed by atoms with Gasteiger partial charge in [0.25, 0.3) is 17.3 Å². The number of carbonyl (C=O) groups excluding carboxylic acids is 1. The number of hydrogen-bond acceptors (Lipinski definition) is 5. The molecule has 1 rings (SSSR count). The fourth-order valence-electron chi connectivity index (χ4n) is 2.42. The van der Waals surface area contributed by atoms with Crippen LogP contribution in [0.3, 0.4) is 0 Å². The van der Waals surface area contributed by atoms with Crippen LogP contribution in [0.25, 0.3) is 0 Å². The van der Waals surface area contributed by atoms with Gasteiger partial charge >= 0.3 is 0 Å². The van der Waals surface area contributed by atoms with E-state index in [1.807, 2.05) is 6.92 Å². The minimum atomic E-state index is -0.741. The van der Waals surface area contributed by atoms with Crippen molar-refractivity contribution in [2.24, 2.45) is 5.92 Å². The molecule has 24 heavy (non-hydrogen) atoms. The summed E-state index contributed by atoms with van der Waals surface area (Å²) < 4.78 is 0. The van der Waals surface area contributed by atoms with Crippen LogP contribution in [0, 0.1) is 33.1 Å². The zero-order valence-electron chi connectivity index (χ0n) is 14.4. The van der Waals surface area contributed by atoms with Gasteiger partial charge in [0.05, 0.1) is 21.5 Å². The lowest BCUT2D eigenvalue weighted by Crippen LogP contribution is -2.33. The van der Waals surface area contributed by atoms with Crippen LogP contribution in [0.2, 0.25) is 0 Å².